The second kappa shape index (κ2) is 12.0. The van der Waals surface area contributed by atoms with Crippen molar-refractivity contribution in [1.82, 2.24) is 4.98 Å². The van der Waals surface area contributed by atoms with Gasteiger partial charge in [-0.3, -0.25) is 0 Å². The number of hydrogen-bond acceptors (Lipinski definition) is 4. The average Bonchev–Trinajstić information content (AvgIpc) is 2.41. The van der Waals surface area contributed by atoms with Gasteiger partial charge in [0.2, 0.25) is 0 Å². The van der Waals surface area contributed by atoms with Crippen LogP contribution in [0.5, 0.6) is 0 Å². The Labute approximate surface area is 151 Å². The second-order valence-electron chi connectivity index (χ2n) is 4.65. The molecule has 1 radical (unpaired) electrons. The van der Waals surface area contributed by atoms with E-state index in [1.807, 2.05) is 40.7 Å². The summed E-state index contributed by atoms with van der Waals surface area (Å²) in [4.78, 5) is 8.97. The molecule has 7 heteroatoms. The molecule has 0 unspecified atom stereocenters. The van der Waals surface area contributed by atoms with Crippen molar-refractivity contribution in [2.45, 2.75) is 40.2 Å². The van der Waals surface area contributed by atoms with Gasteiger partial charge < -0.3 is 15.6 Å². The molecule has 0 fully saturated rings. The summed E-state index contributed by atoms with van der Waals surface area (Å²) in [5, 5.41) is 11.3. The van der Waals surface area contributed by atoms with Gasteiger partial charge in [0.1, 0.15) is 6.07 Å². The van der Waals surface area contributed by atoms with E-state index in [0.717, 1.165) is 6.07 Å². The van der Waals surface area contributed by atoms with Crippen LogP contribution < -0.4 is 5.32 Å². The summed E-state index contributed by atoms with van der Waals surface area (Å²) in [5.74, 6) is -0.439. The molecule has 0 aromatic carbocycles. The number of aromatic nitrogens is 1. The molecule has 1 aromatic heterocycles. The van der Waals surface area contributed by atoms with E-state index in [4.69, 9.17) is 10.1 Å². The SMILES string of the molecule is CC.CC(C)(C)O[N-]CCNc1ncc(C#N)cc1F.[Y]. The Balaban J connectivity index is 0. The third-order valence-electron chi connectivity index (χ3n) is 1.80. The first-order valence-electron chi connectivity index (χ1n) is 6.57. The van der Waals surface area contributed by atoms with Crippen molar-refractivity contribution in [2.24, 2.45) is 0 Å². The number of anilines is 1. The first kappa shape index (κ1) is 22.7. The maximum Gasteiger partial charge on any atom is 0.166 e. The van der Waals surface area contributed by atoms with Crippen LogP contribution in [0.2, 0.25) is 0 Å². The zero-order valence-corrected chi connectivity index (χ0v) is 16.1. The van der Waals surface area contributed by atoms with E-state index in [-0.39, 0.29) is 49.7 Å². The van der Waals surface area contributed by atoms with Crippen LogP contribution in [0.25, 0.3) is 5.48 Å². The first-order valence-corrected chi connectivity index (χ1v) is 6.57. The largest absolute Gasteiger partial charge is 0.532 e. The van der Waals surface area contributed by atoms with Gasteiger partial charge in [-0.1, -0.05) is 13.8 Å². The van der Waals surface area contributed by atoms with Gasteiger partial charge in [0, 0.05) is 44.5 Å². The normalized spacial score (nSPS) is 9.76. The monoisotopic (exact) mass is 370 g/mol. The average molecular weight is 370 g/mol. The van der Waals surface area contributed by atoms with E-state index in [1.165, 1.54) is 6.20 Å². The zero-order chi connectivity index (χ0) is 15.6. The molecule has 1 rings (SSSR count). The van der Waals surface area contributed by atoms with Crippen molar-refractivity contribution < 1.29 is 41.9 Å². The molecule has 0 spiro atoms. The predicted octanol–water partition coefficient (Wildman–Crippen LogP) is 3.63. The van der Waals surface area contributed by atoms with Crippen LogP contribution in [0.3, 0.4) is 0 Å². The number of nitrogens with zero attached hydrogens (tertiary/aromatic N) is 3. The summed E-state index contributed by atoms with van der Waals surface area (Å²) in [6, 6.07) is 2.96. The van der Waals surface area contributed by atoms with Gasteiger partial charge in [0.25, 0.3) is 0 Å². The molecule has 21 heavy (non-hydrogen) atoms. The Morgan fingerprint density at radius 3 is 2.52 bits per heavy atom. The number of pyridine rings is 1. The summed E-state index contributed by atoms with van der Waals surface area (Å²) < 4.78 is 13.4. The van der Waals surface area contributed by atoms with Crippen molar-refractivity contribution >= 4 is 5.82 Å². The van der Waals surface area contributed by atoms with Gasteiger partial charge in [-0.2, -0.15) is 5.26 Å². The third-order valence-corrected chi connectivity index (χ3v) is 1.80. The molecular formula is C14H22FN4OY-. The molecular weight excluding hydrogens is 348 g/mol. The van der Waals surface area contributed by atoms with Crippen molar-refractivity contribution in [1.29, 1.82) is 5.26 Å². The summed E-state index contributed by atoms with van der Waals surface area (Å²) in [5.41, 5.74) is 3.73. The van der Waals surface area contributed by atoms with Crippen LogP contribution in [0, 0.1) is 17.1 Å². The fraction of sp³-hybridized carbons (Fsp3) is 0.571. The predicted molar refractivity (Wildman–Crippen MR) is 77.8 cm³/mol. The molecule has 0 aliphatic rings. The van der Waals surface area contributed by atoms with Gasteiger partial charge in [0.05, 0.1) is 5.56 Å². The minimum absolute atomic E-state index is 0. The molecule has 0 bridgehead atoms. The van der Waals surface area contributed by atoms with Crippen LogP contribution in [0.4, 0.5) is 10.2 Å². The summed E-state index contributed by atoms with van der Waals surface area (Å²) in [7, 11) is 0. The quantitative estimate of drug-likeness (QED) is 0.635. The van der Waals surface area contributed by atoms with E-state index in [2.05, 4.69) is 15.8 Å². The summed E-state index contributed by atoms with van der Waals surface area (Å²) in [6.45, 7) is 10.5. The molecule has 1 aromatic rings. The van der Waals surface area contributed by atoms with Crippen LogP contribution in [-0.4, -0.2) is 23.7 Å². The van der Waals surface area contributed by atoms with Crippen LogP contribution in [0.1, 0.15) is 40.2 Å². The molecule has 0 aliphatic carbocycles. The standard InChI is InChI=1S/C12H16FN4O.C2H6.Y/c1-12(2,3)18-17-5-4-15-11-10(13)6-9(7-14)8-16-11;1-2;/h6,8H,4-5H2,1-3H3,(H,15,16);1-2H3;/q-1;;. The minimum Gasteiger partial charge on any atom is -0.532 e. The molecule has 0 atom stereocenters. The smallest absolute Gasteiger partial charge is 0.166 e. The Hall–Kier alpha value is -0.606. The molecule has 1 N–H and O–H groups in total. The van der Waals surface area contributed by atoms with E-state index in [0.29, 0.717) is 13.1 Å². The molecule has 1 heterocycles. The Kier molecular flexibility index (Phi) is 12.9. The van der Waals surface area contributed by atoms with Crippen LogP contribution >= 0.6 is 0 Å². The van der Waals surface area contributed by atoms with Gasteiger partial charge in [-0.25, -0.2) is 9.37 Å². The van der Waals surface area contributed by atoms with Crippen molar-refractivity contribution in [3.63, 3.8) is 0 Å². The molecule has 0 amide bonds. The fourth-order valence-corrected chi connectivity index (χ4v) is 1.09. The van der Waals surface area contributed by atoms with Gasteiger partial charge in [-0.05, 0) is 33.4 Å². The van der Waals surface area contributed by atoms with Crippen LogP contribution in [0.15, 0.2) is 12.3 Å². The summed E-state index contributed by atoms with van der Waals surface area (Å²) in [6.07, 6.45) is 1.31. The Morgan fingerprint density at radius 2 is 2.05 bits per heavy atom. The van der Waals surface area contributed by atoms with Crippen LogP contribution in [-0.2, 0) is 37.5 Å². The van der Waals surface area contributed by atoms with E-state index >= 15 is 0 Å². The van der Waals surface area contributed by atoms with Crippen molar-refractivity contribution in [3.05, 3.63) is 29.1 Å². The van der Waals surface area contributed by atoms with Gasteiger partial charge >= 0.3 is 0 Å². The van der Waals surface area contributed by atoms with E-state index in [1.54, 1.807) is 0 Å². The second-order valence-corrected chi connectivity index (χ2v) is 4.65. The van der Waals surface area contributed by atoms with Gasteiger partial charge in [-0.15, -0.1) is 6.54 Å². The Morgan fingerprint density at radius 1 is 1.43 bits per heavy atom. The molecule has 0 saturated carbocycles. The van der Waals surface area contributed by atoms with E-state index < -0.39 is 5.82 Å². The number of hydrogen-bond donors (Lipinski definition) is 1. The minimum atomic E-state index is -0.550. The van der Waals surface area contributed by atoms with Crippen molar-refractivity contribution in [2.75, 3.05) is 18.4 Å². The number of nitriles is 1. The van der Waals surface area contributed by atoms with E-state index in [9.17, 15) is 4.39 Å². The zero-order valence-electron chi connectivity index (χ0n) is 13.3. The third kappa shape index (κ3) is 10.7. The first-order chi connectivity index (χ1) is 9.42. The van der Waals surface area contributed by atoms with Gasteiger partial charge in [0.15, 0.2) is 11.6 Å². The number of nitrogens with one attached hydrogen (secondary N) is 1. The Bertz CT molecular complexity index is 444. The molecule has 0 saturated heterocycles. The molecule has 115 valence electrons. The number of rotatable bonds is 5. The van der Waals surface area contributed by atoms with Crippen molar-refractivity contribution in [3.8, 4) is 6.07 Å². The molecule has 5 nitrogen and oxygen atoms in total. The molecule has 0 aliphatic heterocycles. The number of hydroxylamine groups is 1. The topological polar surface area (TPSA) is 72.0 Å². The fourth-order valence-electron chi connectivity index (χ4n) is 1.09. The number of halogens is 1. The maximum absolute atomic E-state index is 13.4. The summed E-state index contributed by atoms with van der Waals surface area (Å²) >= 11 is 0. The maximum atomic E-state index is 13.4.